The van der Waals surface area contributed by atoms with Crippen LogP contribution in [0.5, 0.6) is 0 Å². The van der Waals surface area contributed by atoms with Crippen LogP contribution in [0.25, 0.3) is 22.3 Å². The van der Waals surface area contributed by atoms with Gasteiger partial charge in [0.1, 0.15) is 12.6 Å². The molecule has 2 saturated heterocycles. The van der Waals surface area contributed by atoms with Crippen molar-refractivity contribution in [1.29, 1.82) is 0 Å². The summed E-state index contributed by atoms with van der Waals surface area (Å²) in [6.45, 7) is 9.80. The molecule has 0 spiro atoms. The number of amides is 4. The second-order valence-corrected chi connectivity index (χ2v) is 14.9. The predicted octanol–water partition coefficient (Wildman–Crippen LogP) is 5.15. The number of urea groups is 2. The number of benzene rings is 4. The van der Waals surface area contributed by atoms with Gasteiger partial charge in [-0.1, -0.05) is 79.7 Å². The molecular formula is C43H59N11O2. The van der Waals surface area contributed by atoms with Gasteiger partial charge in [0, 0.05) is 30.0 Å². The highest BCUT2D eigenvalue weighted by molar-refractivity contribution is 5.90. The molecule has 4 amide bonds. The fourth-order valence-corrected chi connectivity index (χ4v) is 7.36. The van der Waals surface area contributed by atoms with Crippen molar-refractivity contribution in [3.8, 4) is 22.3 Å². The van der Waals surface area contributed by atoms with Gasteiger partial charge >= 0.3 is 12.1 Å². The first-order chi connectivity index (χ1) is 27.2. The third-order valence-electron chi connectivity index (χ3n) is 10.0. The van der Waals surface area contributed by atoms with E-state index in [9.17, 15) is 9.59 Å². The molecule has 0 bridgehead atoms. The van der Waals surface area contributed by atoms with E-state index in [-0.39, 0.29) is 49.1 Å². The lowest BCUT2D eigenvalue weighted by Gasteiger charge is -2.37. The van der Waals surface area contributed by atoms with Crippen LogP contribution in [0.3, 0.4) is 0 Å². The number of anilines is 2. The fourth-order valence-electron chi connectivity index (χ4n) is 7.36. The van der Waals surface area contributed by atoms with Crippen LogP contribution >= 0.6 is 0 Å². The van der Waals surface area contributed by atoms with Crippen LogP contribution in [0.4, 0.5) is 21.0 Å². The normalized spacial score (nSPS) is 22.3. The lowest BCUT2D eigenvalue weighted by molar-refractivity contribution is 0.192. The Labute approximate surface area is 331 Å². The molecule has 298 valence electrons. The molecule has 2 aliphatic rings. The Hall–Kier alpha value is -4.86. The summed E-state index contributed by atoms with van der Waals surface area (Å²) < 4.78 is 0. The van der Waals surface area contributed by atoms with Crippen LogP contribution < -0.4 is 53.2 Å². The largest absolute Gasteiger partial charge is 0.321 e. The van der Waals surface area contributed by atoms with Gasteiger partial charge in [-0.15, -0.1) is 0 Å². The highest BCUT2D eigenvalue weighted by Crippen LogP contribution is 2.24. The molecule has 6 rings (SSSR count). The van der Waals surface area contributed by atoms with Crippen LogP contribution in [0.15, 0.2) is 103 Å². The molecule has 6 atom stereocenters. The maximum absolute atomic E-state index is 12.9. The topological polar surface area (TPSA) is 158 Å². The van der Waals surface area contributed by atoms with Gasteiger partial charge in [-0.2, -0.15) is 0 Å². The molecule has 56 heavy (non-hydrogen) atoms. The number of nitrogens with one attached hydrogen (secondary N) is 10. The molecule has 6 unspecified atom stereocenters. The monoisotopic (exact) mass is 761 g/mol. The molecule has 2 heterocycles. The quantitative estimate of drug-likeness (QED) is 0.0741. The molecule has 0 aliphatic carbocycles. The zero-order chi connectivity index (χ0) is 39.3. The van der Waals surface area contributed by atoms with Gasteiger partial charge < -0.3 is 36.8 Å². The maximum atomic E-state index is 12.9. The van der Waals surface area contributed by atoms with Crippen molar-refractivity contribution >= 4 is 23.4 Å². The summed E-state index contributed by atoms with van der Waals surface area (Å²) in [6, 6.07) is 34.5. The van der Waals surface area contributed by atoms with E-state index in [1.165, 1.54) is 5.56 Å². The molecule has 0 saturated carbocycles. The molecular weight excluding hydrogens is 703 g/mol. The summed E-state index contributed by atoms with van der Waals surface area (Å²) in [5.74, 6) is 0. The van der Waals surface area contributed by atoms with E-state index >= 15 is 0 Å². The average Bonchev–Trinajstić information content (AvgIpc) is 3.17. The van der Waals surface area contributed by atoms with Crippen molar-refractivity contribution in [1.82, 2.24) is 47.4 Å². The predicted molar refractivity (Wildman–Crippen MR) is 227 cm³/mol. The number of carbonyl (C=O) groups excluding carboxylic acids is 2. The Bertz CT molecular complexity index is 1840. The third-order valence-corrected chi connectivity index (χ3v) is 10.0. The Kier molecular flexibility index (Phi) is 14.8. The molecule has 13 nitrogen and oxygen atoms in total. The van der Waals surface area contributed by atoms with Gasteiger partial charge in [0.15, 0.2) is 0 Å². The Morgan fingerprint density at radius 3 is 1.88 bits per heavy atom. The van der Waals surface area contributed by atoms with Crippen molar-refractivity contribution < 1.29 is 9.59 Å². The number of carbonyl (C=O) groups is 2. The maximum Gasteiger partial charge on any atom is 0.321 e. The Balaban J connectivity index is 0.899. The van der Waals surface area contributed by atoms with Crippen molar-refractivity contribution in [2.75, 3.05) is 37.3 Å². The van der Waals surface area contributed by atoms with Gasteiger partial charge in [0.25, 0.3) is 0 Å². The van der Waals surface area contributed by atoms with Crippen LogP contribution in [0.2, 0.25) is 0 Å². The third kappa shape index (κ3) is 12.6. The summed E-state index contributed by atoms with van der Waals surface area (Å²) in [5, 5.41) is 32.6. The summed E-state index contributed by atoms with van der Waals surface area (Å²) >= 11 is 0. The van der Waals surface area contributed by atoms with E-state index in [1.807, 2.05) is 66.7 Å². The minimum Gasteiger partial charge on any atom is -0.310 e. The SMILES string of the molecule is CCNC1CC(C)NC(NC(=O)Nc2ccc(-c3cccc(CN(C)CCCNC4CC(C)NC(NC(=O)Nc5cccc(-c6ccccc6)c5)N4)c3)cc2)N1. The zero-order valence-electron chi connectivity index (χ0n) is 33.0. The molecule has 4 aromatic rings. The summed E-state index contributed by atoms with van der Waals surface area (Å²) in [6.07, 6.45) is 2.36. The number of nitrogens with zero attached hydrogens (tertiary/aromatic N) is 1. The Morgan fingerprint density at radius 1 is 0.643 bits per heavy atom. The van der Waals surface area contributed by atoms with Gasteiger partial charge in [0.05, 0.1) is 12.3 Å². The van der Waals surface area contributed by atoms with Crippen LogP contribution in [-0.2, 0) is 6.54 Å². The molecule has 4 aromatic carbocycles. The van der Waals surface area contributed by atoms with Gasteiger partial charge in [-0.3, -0.25) is 21.3 Å². The molecule has 2 fully saturated rings. The summed E-state index contributed by atoms with van der Waals surface area (Å²) in [7, 11) is 2.15. The summed E-state index contributed by atoms with van der Waals surface area (Å²) in [4.78, 5) is 28.0. The van der Waals surface area contributed by atoms with Crippen molar-refractivity contribution in [2.45, 2.75) is 83.6 Å². The van der Waals surface area contributed by atoms with E-state index in [1.54, 1.807) is 0 Å². The van der Waals surface area contributed by atoms with Gasteiger partial charge in [-0.25, -0.2) is 9.59 Å². The smallest absolute Gasteiger partial charge is 0.310 e. The first-order valence-corrected chi connectivity index (χ1v) is 19.9. The highest BCUT2D eigenvalue weighted by atomic mass is 16.2. The van der Waals surface area contributed by atoms with Crippen molar-refractivity contribution in [3.05, 3.63) is 109 Å². The number of hydrogen-bond acceptors (Lipinski definition) is 9. The lowest BCUT2D eigenvalue weighted by Crippen LogP contribution is -2.67. The highest BCUT2D eigenvalue weighted by Gasteiger charge is 2.27. The van der Waals surface area contributed by atoms with Crippen LogP contribution in [0.1, 0.15) is 45.6 Å². The molecule has 0 aromatic heterocycles. The second-order valence-electron chi connectivity index (χ2n) is 14.9. The standard InChI is InChI=1S/C43H59N11O2/c1-5-44-38-24-29(2)46-40(50-38)52-42(55)48-36-20-18-33(19-21-36)34-15-9-12-31(26-34)28-54(4)23-11-22-45-39-25-30(3)47-41(51-39)53-43(56)49-37-17-10-16-35(27-37)32-13-7-6-8-14-32/h6-10,12-21,26-27,29-30,38-41,44-47,50-51H,5,11,22-25,28H2,1-4H3,(H2,48,52,55)(H2,49,53,56). The van der Waals surface area contributed by atoms with Crippen molar-refractivity contribution in [2.24, 2.45) is 0 Å². The zero-order valence-corrected chi connectivity index (χ0v) is 33.0. The minimum absolute atomic E-state index is 0.0708. The minimum atomic E-state index is -0.364. The second kappa shape index (κ2) is 20.3. The summed E-state index contributed by atoms with van der Waals surface area (Å²) in [5.41, 5.74) is 7.09. The Morgan fingerprint density at radius 2 is 1.21 bits per heavy atom. The molecule has 13 heteroatoms. The van der Waals surface area contributed by atoms with E-state index < -0.39 is 0 Å². The molecule has 2 aliphatic heterocycles. The fraction of sp³-hybridized carbons (Fsp3) is 0.395. The number of rotatable bonds is 15. The van der Waals surface area contributed by atoms with Crippen LogP contribution in [0, 0.1) is 0 Å². The van der Waals surface area contributed by atoms with E-state index in [0.29, 0.717) is 0 Å². The van der Waals surface area contributed by atoms with E-state index in [0.717, 1.165) is 79.1 Å². The van der Waals surface area contributed by atoms with Crippen LogP contribution in [-0.4, -0.2) is 80.6 Å². The van der Waals surface area contributed by atoms with E-state index in [4.69, 9.17) is 0 Å². The van der Waals surface area contributed by atoms with Crippen molar-refractivity contribution in [3.63, 3.8) is 0 Å². The van der Waals surface area contributed by atoms with E-state index in [2.05, 4.69) is 122 Å². The molecule has 10 N–H and O–H groups in total. The first kappa shape index (κ1) is 40.8. The number of hydrogen-bond donors (Lipinski definition) is 10. The lowest BCUT2D eigenvalue weighted by atomic mass is 10.0. The average molecular weight is 762 g/mol. The van der Waals surface area contributed by atoms with Gasteiger partial charge in [0.2, 0.25) is 0 Å². The first-order valence-electron chi connectivity index (χ1n) is 19.9. The van der Waals surface area contributed by atoms with Gasteiger partial charge in [-0.05, 0) is 118 Å². The molecule has 0 radical (unpaired) electrons.